The van der Waals surface area contributed by atoms with Gasteiger partial charge in [-0.05, 0) is 60.5 Å². The Hall–Kier alpha value is -3.59. The first-order chi connectivity index (χ1) is 12.5. The van der Waals surface area contributed by atoms with Gasteiger partial charge in [0.15, 0.2) is 0 Å². The van der Waals surface area contributed by atoms with E-state index in [1.807, 2.05) is 6.07 Å². The highest BCUT2D eigenvalue weighted by atomic mass is 16.5. The van der Waals surface area contributed by atoms with Crippen molar-refractivity contribution in [3.8, 4) is 17.6 Å². The molecule has 0 saturated carbocycles. The molecule has 0 heterocycles. The number of carbonyl (C=O) groups excluding carboxylic acids is 2. The first kappa shape index (κ1) is 18.7. The van der Waals surface area contributed by atoms with Crippen molar-refractivity contribution in [1.29, 1.82) is 5.26 Å². The molecule has 26 heavy (non-hydrogen) atoms. The summed E-state index contributed by atoms with van der Waals surface area (Å²) < 4.78 is 10.2. The minimum Gasteiger partial charge on any atom is -0.508 e. The van der Waals surface area contributed by atoms with Gasteiger partial charge in [-0.2, -0.15) is 5.26 Å². The Balaban J connectivity index is 2.00. The molecule has 0 radical (unpaired) electrons. The first-order valence-corrected chi connectivity index (χ1v) is 7.83. The Bertz CT molecular complexity index is 863. The molecule has 0 aromatic heterocycles. The average Bonchev–Trinajstić information content (AvgIpc) is 2.62. The summed E-state index contributed by atoms with van der Waals surface area (Å²) in [7, 11) is 0. The number of nitrogens with zero attached hydrogens (tertiary/aromatic N) is 1. The van der Waals surface area contributed by atoms with Crippen LogP contribution in [0.3, 0.4) is 0 Å². The second-order valence-electron chi connectivity index (χ2n) is 5.37. The molecule has 6 heteroatoms. The zero-order valence-electron chi connectivity index (χ0n) is 14.1. The van der Waals surface area contributed by atoms with Crippen molar-refractivity contribution in [2.45, 2.75) is 13.3 Å². The van der Waals surface area contributed by atoms with Crippen molar-refractivity contribution in [3.05, 3.63) is 65.2 Å². The second kappa shape index (κ2) is 9.04. The lowest BCUT2D eigenvalue weighted by Crippen LogP contribution is -2.09. The minimum atomic E-state index is -0.530. The Morgan fingerprint density at radius 3 is 2.58 bits per heavy atom. The number of nitriles is 1. The molecule has 0 aliphatic carbocycles. The van der Waals surface area contributed by atoms with Crippen LogP contribution >= 0.6 is 0 Å². The monoisotopic (exact) mass is 351 g/mol. The van der Waals surface area contributed by atoms with Gasteiger partial charge in [0, 0.05) is 6.08 Å². The quantitative estimate of drug-likeness (QED) is 0.371. The third-order valence-corrected chi connectivity index (χ3v) is 3.37. The fraction of sp³-hybridized carbons (Fsp3) is 0.150. The first-order valence-electron chi connectivity index (χ1n) is 7.83. The number of phenolic OH excluding ortho intramolecular Hbond substituents is 1. The standard InChI is InChI=1S/C20H17NO5/c1-14-13-15(4-10-19(23)25-12-2-11-21)3-9-18(14)26-20(24)16-5-7-17(22)8-6-16/h3-10,13,22H,2,12H2,1H3/b10-4+. The highest BCUT2D eigenvalue weighted by molar-refractivity contribution is 5.91. The number of ether oxygens (including phenoxy) is 2. The summed E-state index contributed by atoms with van der Waals surface area (Å²) in [6.45, 7) is 1.84. The van der Waals surface area contributed by atoms with Crippen LogP contribution in [0.5, 0.6) is 11.5 Å². The number of aromatic hydroxyl groups is 1. The van der Waals surface area contributed by atoms with E-state index in [9.17, 15) is 14.7 Å². The van der Waals surface area contributed by atoms with Gasteiger partial charge in [0.1, 0.15) is 18.1 Å². The van der Waals surface area contributed by atoms with Crippen molar-refractivity contribution >= 4 is 18.0 Å². The molecule has 0 unspecified atom stereocenters. The molecule has 132 valence electrons. The molecule has 0 bridgehead atoms. The molecule has 0 atom stereocenters. The minimum absolute atomic E-state index is 0.0604. The topological polar surface area (TPSA) is 96.6 Å². The van der Waals surface area contributed by atoms with Crippen LogP contribution in [0.1, 0.15) is 27.9 Å². The van der Waals surface area contributed by atoms with E-state index >= 15 is 0 Å². The molecule has 0 spiro atoms. The smallest absolute Gasteiger partial charge is 0.343 e. The van der Waals surface area contributed by atoms with Gasteiger partial charge in [0.25, 0.3) is 0 Å². The summed E-state index contributed by atoms with van der Waals surface area (Å²) in [4.78, 5) is 23.6. The summed E-state index contributed by atoms with van der Waals surface area (Å²) in [5.74, 6) is -0.588. The third-order valence-electron chi connectivity index (χ3n) is 3.37. The Morgan fingerprint density at radius 1 is 1.19 bits per heavy atom. The van der Waals surface area contributed by atoms with Gasteiger partial charge in [-0.1, -0.05) is 6.07 Å². The molecule has 2 rings (SSSR count). The molecule has 1 N–H and O–H groups in total. The molecular weight excluding hydrogens is 334 g/mol. The number of phenols is 1. The fourth-order valence-electron chi connectivity index (χ4n) is 2.06. The molecule has 0 amide bonds. The number of carbonyl (C=O) groups is 2. The molecule has 0 aliphatic rings. The summed E-state index contributed by atoms with van der Waals surface area (Å²) >= 11 is 0. The fourth-order valence-corrected chi connectivity index (χ4v) is 2.06. The van der Waals surface area contributed by atoms with Gasteiger partial charge < -0.3 is 14.6 Å². The number of esters is 2. The molecule has 6 nitrogen and oxygen atoms in total. The third kappa shape index (κ3) is 5.49. The van der Waals surface area contributed by atoms with E-state index in [0.717, 1.165) is 11.1 Å². The molecule has 0 aliphatic heterocycles. The van der Waals surface area contributed by atoms with Crippen molar-refractivity contribution in [3.63, 3.8) is 0 Å². The van der Waals surface area contributed by atoms with Crippen LogP contribution in [0.15, 0.2) is 48.5 Å². The maximum atomic E-state index is 12.1. The Kier molecular flexibility index (Phi) is 6.52. The highest BCUT2D eigenvalue weighted by Gasteiger charge is 2.10. The zero-order chi connectivity index (χ0) is 18.9. The largest absolute Gasteiger partial charge is 0.508 e. The summed E-state index contributed by atoms with van der Waals surface area (Å²) in [5, 5.41) is 17.6. The van der Waals surface area contributed by atoms with Crippen molar-refractivity contribution in [2.75, 3.05) is 6.61 Å². The summed E-state index contributed by atoms with van der Waals surface area (Å²) in [5.41, 5.74) is 1.78. The zero-order valence-corrected chi connectivity index (χ0v) is 14.1. The van der Waals surface area contributed by atoms with Crippen molar-refractivity contribution in [2.24, 2.45) is 0 Å². The molecule has 2 aromatic rings. The molecular formula is C20H17NO5. The van der Waals surface area contributed by atoms with Gasteiger partial charge >= 0.3 is 11.9 Å². The van der Waals surface area contributed by atoms with E-state index in [1.54, 1.807) is 31.2 Å². The van der Waals surface area contributed by atoms with E-state index in [1.165, 1.54) is 30.3 Å². The number of rotatable bonds is 6. The molecule has 0 fully saturated rings. The van der Waals surface area contributed by atoms with Crippen LogP contribution in [-0.4, -0.2) is 23.7 Å². The second-order valence-corrected chi connectivity index (χ2v) is 5.37. The van der Waals surface area contributed by atoms with Gasteiger partial charge in [0.05, 0.1) is 18.1 Å². The van der Waals surface area contributed by atoms with E-state index < -0.39 is 11.9 Å². The van der Waals surface area contributed by atoms with Crippen LogP contribution in [0.2, 0.25) is 0 Å². The lowest BCUT2D eigenvalue weighted by molar-refractivity contribution is -0.137. The molecule has 2 aromatic carbocycles. The number of aryl methyl sites for hydroxylation is 1. The Labute approximate surface area is 150 Å². The van der Waals surface area contributed by atoms with Gasteiger partial charge in [-0.25, -0.2) is 9.59 Å². The van der Waals surface area contributed by atoms with E-state index in [4.69, 9.17) is 14.7 Å². The van der Waals surface area contributed by atoms with E-state index in [-0.39, 0.29) is 18.8 Å². The number of hydrogen-bond acceptors (Lipinski definition) is 6. The van der Waals surface area contributed by atoms with E-state index in [2.05, 4.69) is 0 Å². The van der Waals surface area contributed by atoms with Crippen LogP contribution in [0.25, 0.3) is 6.08 Å². The highest BCUT2D eigenvalue weighted by Crippen LogP contribution is 2.21. The van der Waals surface area contributed by atoms with Crippen LogP contribution in [-0.2, 0) is 9.53 Å². The normalized spacial score (nSPS) is 10.3. The van der Waals surface area contributed by atoms with Crippen LogP contribution in [0.4, 0.5) is 0 Å². The van der Waals surface area contributed by atoms with Gasteiger partial charge in [0.2, 0.25) is 0 Å². The number of benzene rings is 2. The van der Waals surface area contributed by atoms with Gasteiger partial charge in [-0.3, -0.25) is 0 Å². The predicted molar refractivity (Wildman–Crippen MR) is 94.5 cm³/mol. The maximum absolute atomic E-state index is 12.1. The van der Waals surface area contributed by atoms with Crippen LogP contribution in [0, 0.1) is 18.3 Å². The van der Waals surface area contributed by atoms with Gasteiger partial charge in [-0.15, -0.1) is 0 Å². The summed E-state index contributed by atoms with van der Waals surface area (Å²) in [6, 6.07) is 12.7. The Morgan fingerprint density at radius 2 is 1.92 bits per heavy atom. The molecule has 0 saturated heterocycles. The SMILES string of the molecule is Cc1cc(/C=C/C(=O)OCCC#N)ccc1OC(=O)c1ccc(O)cc1. The lowest BCUT2D eigenvalue weighted by Gasteiger charge is -2.08. The van der Waals surface area contributed by atoms with Crippen molar-refractivity contribution < 1.29 is 24.2 Å². The summed E-state index contributed by atoms with van der Waals surface area (Å²) in [6.07, 6.45) is 3.00. The van der Waals surface area contributed by atoms with Crippen LogP contribution < -0.4 is 4.74 Å². The maximum Gasteiger partial charge on any atom is 0.343 e. The number of hydrogen-bond donors (Lipinski definition) is 1. The lowest BCUT2D eigenvalue weighted by atomic mass is 10.1. The average molecular weight is 351 g/mol. The van der Waals surface area contributed by atoms with Crippen molar-refractivity contribution in [1.82, 2.24) is 0 Å². The predicted octanol–water partition coefficient (Wildman–Crippen LogP) is 3.39. The van der Waals surface area contributed by atoms with E-state index in [0.29, 0.717) is 11.3 Å².